The van der Waals surface area contributed by atoms with E-state index in [0.717, 1.165) is 5.56 Å². The van der Waals surface area contributed by atoms with Gasteiger partial charge in [-0.2, -0.15) is 4.98 Å². The van der Waals surface area contributed by atoms with Gasteiger partial charge in [0.25, 0.3) is 0 Å². The summed E-state index contributed by atoms with van der Waals surface area (Å²) in [4.78, 5) is 4.41. The average Bonchev–Trinajstić information content (AvgIpc) is 3.35. The van der Waals surface area contributed by atoms with Gasteiger partial charge in [-0.25, -0.2) is 4.39 Å². The molecule has 8 heteroatoms. The largest absolute Gasteiger partial charge is 0.338 e. The first-order valence-electron chi connectivity index (χ1n) is 8.56. The standard InChI is InChI=1S/C20H16FN5OS/c1-2-12-26-19(15-10-6-7-11-16(15)21)23-24-20(26)28-13-17-22-18(25-27-17)14-8-4-3-5-9-14/h2-11H,1,12-13H2. The van der Waals surface area contributed by atoms with Crippen LogP contribution >= 0.6 is 11.8 Å². The van der Waals surface area contributed by atoms with Crippen LogP contribution in [0, 0.1) is 5.82 Å². The van der Waals surface area contributed by atoms with Gasteiger partial charge < -0.3 is 4.52 Å². The number of aromatic nitrogens is 5. The molecular formula is C20H16FN5OS. The molecule has 2 aromatic heterocycles. The fourth-order valence-corrected chi connectivity index (χ4v) is 3.46. The predicted octanol–water partition coefficient (Wildman–Crippen LogP) is 4.61. The van der Waals surface area contributed by atoms with Crippen molar-refractivity contribution in [3.05, 3.63) is 79.0 Å². The summed E-state index contributed by atoms with van der Waals surface area (Å²) < 4.78 is 21.3. The second-order valence-corrected chi connectivity index (χ2v) is 6.79. The zero-order valence-electron chi connectivity index (χ0n) is 14.8. The summed E-state index contributed by atoms with van der Waals surface area (Å²) in [5.74, 6) is 1.55. The van der Waals surface area contributed by atoms with Crippen molar-refractivity contribution in [3.63, 3.8) is 0 Å². The normalized spacial score (nSPS) is 10.9. The first-order chi connectivity index (χ1) is 13.8. The van der Waals surface area contributed by atoms with Gasteiger partial charge in [0.05, 0.1) is 11.3 Å². The Morgan fingerprint density at radius 2 is 1.86 bits per heavy atom. The molecule has 0 N–H and O–H groups in total. The summed E-state index contributed by atoms with van der Waals surface area (Å²) in [6.45, 7) is 4.23. The van der Waals surface area contributed by atoms with E-state index in [0.29, 0.717) is 40.6 Å². The molecule has 0 saturated carbocycles. The molecule has 0 saturated heterocycles. The number of halogens is 1. The van der Waals surface area contributed by atoms with Crippen LogP contribution in [0.3, 0.4) is 0 Å². The van der Waals surface area contributed by atoms with Crippen LogP contribution in [0.15, 0.2) is 76.9 Å². The highest BCUT2D eigenvalue weighted by atomic mass is 32.2. The van der Waals surface area contributed by atoms with Crippen LogP contribution in [0.2, 0.25) is 0 Å². The lowest BCUT2D eigenvalue weighted by atomic mass is 10.2. The van der Waals surface area contributed by atoms with Gasteiger partial charge in [-0.3, -0.25) is 4.57 Å². The van der Waals surface area contributed by atoms with E-state index in [1.165, 1.54) is 17.8 Å². The summed E-state index contributed by atoms with van der Waals surface area (Å²) >= 11 is 1.39. The fourth-order valence-electron chi connectivity index (χ4n) is 2.68. The molecule has 0 unspecified atom stereocenters. The average molecular weight is 393 g/mol. The van der Waals surface area contributed by atoms with Crippen LogP contribution < -0.4 is 0 Å². The molecule has 0 radical (unpaired) electrons. The minimum absolute atomic E-state index is 0.346. The molecule has 2 heterocycles. The highest BCUT2D eigenvalue weighted by Crippen LogP contribution is 2.28. The van der Waals surface area contributed by atoms with E-state index in [1.807, 2.05) is 34.9 Å². The maximum atomic E-state index is 14.2. The van der Waals surface area contributed by atoms with Gasteiger partial charge in [0.2, 0.25) is 11.7 Å². The lowest BCUT2D eigenvalue weighted by molar-refractivity contribution is 0.391. The molecule has 4 rings (SSSR count). The monoisotopic (exact) mass is 393 g/mol. The molecular weight excluding hydrogens is 377 g/mol. The molecule has 0 bridgehead atoms. The third kappa shape index (κ3) is 3.72. The highest BCUT2D eigenvalue weighted by Gasteiger charge is 2.17. The van der Waals surface area contributed by atoms with Gasteiger partial charge in [-0.15, -0.1) is 16.8 Å². The van der Waals surface area contributed by atoms with E-state index in [2.05, 4.69) is 26.9 Å². The first kappa shape index (κ1) is 18.1. The molecule has 0 aliphatic carbocycles. The van der Waals surface area contributed by atoms with Gasteiger partial charge in [0.15, 0.2) is 11.0 Å². The van der Waals surface area contributed by atoms with E-state index >= 15 is 0 Å². The Morgan fingerprint density at radius 1 is 1.07 bits per heavy atom. The Bertz CT molecular complexity index is 1090. The second kappa shape index (κ2) is 8.18. The van der Waals surface area contributed by atoms with Crippen molar-refractivity contribution in [2.75, 3.05) is 0 Å². The van der Waals surface area contributed by atoms with Gasteiger partial charge >= 0.3 is 0 Å². The maximum absolute atomic E-state index is 14.2. The predicted molar refractivity (Wildman–Crippen MR) is 105 cm³/mol. The second-order valence-electron chi connectivity index (χ2n) is 5.85. The van der Waals surface area contributed by atoms with Crippen molar-refractivity contribution < 1.29 is 8.91 Å². The molecule has 28 heavy (non-hydrogen) atoms. The first-order valence-corrected chi connectivity index (χ1v) is 9.54. The summed E-state index contributed by atoms with van der Waals surface area (Å²) in [6.07, 6.45) is 1.72. The summed E-state index contributed by atoms with van der Waals surface area (Å²) in [6, 6.07) is 16.1. The van der Waals surface area contributed by atoms with E-state index in [1.54, 1.807) is 24.3 Å². The summed E-state index contributed by atoms with van der Waals surface area (Å²) in [7, 11) is 0. The minimum Gasteiger partial charge on any atom is -0.338 e. The number of rotatable bonds is 7. The number of hydrogen-bond donors (Lipinski definition) is 0. The fraction of sp³-hybridized carbons (Fsp3) is 0.100. The lowest BCUT2D eigenvalue weighted by Gasteiger charge is -2.07. The Labute approximate surface area is 165 Å². The van der Waals surface area contributed by atoms with Gasteiger partial charge in [-0.1, -0.05) is 65.5 Å². The maximum Gasteiger partial charge on any atom is 0.237 e. The smallest absolute Gasteiger partial charge is 0.237 e. The molecule has 0 aliphatic rings. The molecule has 0 spiro atoms. The lowest BCUT2D eigenvalue weighted by Crippen LogP contribution is -2.01. The Kier molecular flexibility index (Phi) is 5.29. The molecule has 0 amide bonds. The number of nitrogens with zero attached hydrogens (tertiary/aromatic N) is 5. The number of benzene rings is 2. The van der Waals surface area contributed by atoms with Crippen molar-refractivity contribution >= 4 is 11.8 Å². The van der Waals surface area contributed by atoms with Gasteiger partial charge in [0.1, 0.15) is 5.82 Å². The minimum atomic E-state index is -0.346. The summed E-state index contributed by atoms with van der Waals surface area (Å²) in [5, 5.41) is 13.0. The third-order valence-electron chi connectivity index (χ3n) is 3.97. The topological polar surface area (TPSA) is 69.6 Å². The number of allylic oxidation sites excluding steroid dienone is 1. The molecule has 0 aliphatic heterocycles. The third-order valence-corrected chi connectivity index (χ3v) is 4.92. The molecule has 6 nitrogen and oxygen atoms in total. The van der Waals surface area contributed by atoms with Crippen LogP contribution in [0.1, 0.15) is 5.89 Å². The Balaban J connectivity index is 1.55. The molecule has 0 fully saturated rings. The van der Waals surface area contributed by atoms with E-state index in [4.69, 9.17) is 4.52 Å². The Hall–Kier alpha value is -3.26. The molecule has 0 atom stereocenters. The van der Waals surface area contributed by atoms with Crippen molar-refractivity contribution in [1.82, 2.24) is 24.9 Å². The van der Waals surface area contributed by atoms with Gasteiger partial charge in [-0.05, 0) is 12.1 Å². The number of hydrogen-bond acceptors (Lipinski definition) is 6. The van der Waals surface area contributed by atoms with Crippen LogP contribution in [-0.4, -0.2) is 24.9 Å². The van der Waals surface area contributed by atoms with Crippen molar-refractivity contribution in [2.24, 2.45) is 0 Å². The van der Waals surface area contributed by atoms with Crippen LogP contribution in [0.25, 0.3) is 22.8 Å². The zero-order chi connectivity index (χ0) is 19.3. The number of thioether (sulfide) groups is 1. The SMILES string of the molecule is C=CCn1c(SCc2nc(-c3ccccc3)no2)nnc1-c1ccccc1F. The zero-order valence-corrected chi connectivity index (χ0v) is 15.6. The van der Waals surface area contributed by atoms with E-state index < -0.39 is 0 Å². The Morgan fingerprint density at radius 3 is 2.64 bits per heavy atom. The highest BCUT2D eigenvalue weighted by molar-refractivity contribution is 7.98. The molecule has 4 aromatic rings. The van der Waals surface area contributed by atoms with Crippen molar-refractivity contribution in [2.45, 2.75) is 17.5 Å². The summed E-state index contributed by atoms with van der Waals surface area (Å²) in [5.41, 5.74) is 1.28. The van der Waals surface area contributed by atoms with Crippen LogP contribution in [-0.2, 0) is 12.3 Å². The quantitative estimate of drug-likeness (QED) is 0.337. The molecule has 140 valence electrons. The van der Waals surface area contributed by atoms with Gasteiger partial charge in [0, 0.05) is 12.1 Å². The van der Waals surface area contributed by atoms with E-state index in [-0.39, 0.29) is 5.82 Å². The van der Waals surface area contributed by atoms with E-state index in [9.17, 15) is 4.39 Å². The van der Waals surface area contributed by atoms with Crippen LogP contribution in [0.4, 0.5) is 4.39 Å². The van der Waals surface area contributed by atoms with Crippen molar-refractivity contribution in [1.29, 1.82) is 0 Å². The molecule has 2 aromatic carbocycles. The van der Waals surface area contributed by atoms with Crippen molar-refractivity contribution in [3.8, 4) is 22.8 Å². The van der Waals surface area contributed by atoms with Crippen LogP contribution in [0.5, 0.6) is 0 Å².